The standard InChI is InChI=1S/C19H26N2O6/c1-18(2,3)27-17(25)21-10-9-19(13-21,11-15(22)23)20-16(24)26-12-14-7-5-4-6-8-14/h4-8H,9-13H2,1-3H3,(H,20,24)(H,22,23). The Hall–Kier alpha value is -2.77. The Balaban J connectivity index is 1.99. The Kier molecular flexibility index (Phi) is 6.30. The molecule has 2 amide bonds. The van der Waals surface area contributed by atoms with E-state index < -0.39 is 29.3 Å². The number of nitrogens with zero attached hydrogens (tertiary/aromatic N) is 1. The van der Waals surface area contributed by atoms with Crippen molar-refractivity contribution in [2.75, 3.05) is 13.1 Å². The van der Waals surface area contributed by atoms with Crippen LogP contribution in [0.5, 0.6) is 0 Å². The molecule has 0 spiro atoms. The van der Waals surface area contributed by atoms with Crippen LogP contribution in [0.1, 0.15) is 39.2 Å². The Bertz CT molecular complexity index is 685. The zero-order valence-corrected chi connectivity index (χ0v) is 15.9. The number of likely N-dealkylation sites (tertiary alicyclic amines) is 1. The van der Waals surface area contributed by atoms with E-state index in [-0.39, 0.29) is 19.6 Å². The first-order chi connectivity index (χ1) is 12.6. The maximum absolute atomic E-state index is 12.2. The first-order valence-corrected chi connectivity index (χ1v) is 8.77. The third kappa shape index (κ3) is 6.47. The minimum atomic E-state index is -1.09. The largest absolute Gasteiger partial charge is 0.481 e. The molecule has 2 rings (SSSR count). The highest BCUT2D eigenvalue weighted by Crippen LogP contribution is 2.27. The van der Waals surface area contributed by atoms with Gasteiger partial charge in [0.2, 0.25) is 0 Å². The van der Waals surface area contributed by atoms with E-state index in [1.165, 1.54) is 4.90 Å². The number of alkyl carbamates (subject to hydrolysis) is 1. The third-order valence-corrected chi connectivity index (χ3v) is 4.08. The number of rotatable bonds is 5. The van der Waals surface area contributed by atoms with E-state index >= 15 is 0 Å². The summed E-state index contributed by atoms with van der Waals surface area (Å²) in [6.45, 7) is 5.68. The van der Waals surface area contributed by atoms with E-state index in [1.807, 2.05) is 30.3 Å². The molecular weight excluding hydrogens is 352 g/mol. The first-order valence-electron chi connectivity index (χ1n) is 8.77. The predicted molar refractivity (Wildman–Crippen MR) is 97.2 cm³/mol. The smallest absolute Gasteiger partial charge is 0.410 e. The summed E-state index contributed by atoms with van der Waals surface area (Å²) >= 11 is 0. The number of amides is 2. The van der Waals surface area contributed by atoms with Crippen molar-refractivity contribution < 1.29 is 29.0 Å². The summed E-state index contributed by atoms with van der Waals surface area (Å²) in [4.78, 5) is 37.2. The number of hydrogen-bond acceptors (Lipinski definition) is 5. The molecule has 8 heteroatoms. The molecule has 1 fully saturated rings. The highest BCUT2D eigenvalue weighted by Gasteiger charge is 2.44. The molecule has 0 aliphatic carbocycles. The molecule has 0 aromatic heterocycles. The SMILES string of the molecule is CC(C)(C)OC(=O)N1CCC(CC(=O)O)(NC(=O)OCc2ccccc2)C1. The van der Waals surface area contributed by atoms with Crippen LogP contribution in [0.2, 0.25) is 0 Å². The van der Waals surface area contributed by atoms with Gasteiger partial charge in [-0.15, -0.1) is 0 Å². The minimum absolute atomic E-state index is 0.0502. The van der Waals surface area contributed by atoms with Crippen molar-refractivity contribution in [2.45, 2.75) is 51.4 Å². The van der Waals surface area contributed by atoms with Crippen LogP contribution in [-0.4, -0.2) is 52.4 Å². The summed E-state index contributed by atoms with van der Waals surface area (Å²) in [5.41, 5.74) is -0.921. The second-order valence-corrected chi connectivity index (χ2v) is 7.69. The summed E-state index contributed by atoms with van der Waals surface area (Å²) < 4.78 is 10.5. The van der Waals surface area contributed by atoms with Gasteiger partial charge < -0.3 is 24.8 Å². The van der Waals surface area contributed by atoms with Crippen molar-refractivity contribution >= 4 is 18.2 Å². The van der Waals surface area contributed by atoms with Gasteiger partial charge in [0.05, 0.1) is 12.0 Å². The number of ether oxygens (including phenoxy) is 2. The summed E-state index contributed by atoms with van der Waals surface area (Å²) in [6.07, 6.45) is -1.26. The Morgan fingerprint density at radius 1 is 1.22 bits per heavy atom. The van der Waals surface area contributed by atoms with Crippen LogP contribution in [0.4, 0.5) is 9.59 Å². The van der Waals surface area contributed by atoms with Crippen molar-refractivity contribution in [3.63, 3.8) is 0 Å². The number of carboxylic acid groups (broad SMARTS) is 1. The quantitative estimate of drug-likeness (QED) is 0.816. The molecule has 148 valence electrons. The van der Waals surface area contributed by atoms with Gasteiger partial charge in [0, 0.05) is 13.1 Å². The molecule has 1 atom stereocenters. The average molecular weight is 378 g/mol. The molecule has 1 aromatic carbocycles. The molecule has 27 heavy (non-hydrogen) atoms. The fourth-order valence-corrected chi connectivity index (χ4v) is 2.91. The van der Waals surface area contributed by atoms with Crippen molar-refractivity contribution in [3.05, 3.63) is 35.9 Å². The van der Waals surface area contributed by atoms with Crippen molar-refractivity contribution in [3.8, 4) is 0 Å². The highest BCUT2D eigenvalue weighted by atomic mass is 16.6. The molecular formula is C19H26N2O6. The lowest BCUT2D eigenvalue weighted by Gasteiger charge is -2.29. The lowest BCUT2D eigenvalue weighted by Crippen LogP contribution is -2.52. The van der Waals surface area contributed by atoms with Crippen molar-refractivity contribution in [1.82, 2.24) is 10.2 Å². The van der Waals surface area contributed by atoms with Gasteiger partial charge in [-0.25, -0.2) is 9.59 Å². The second-order valence-electron chi connectivity index (χ2n) is 7.69. The lowest BCUT2D eigenvalue weighted by molar-refractivity contribution is -0.138. The Morgan fingerprint density at radius 3 is 2.48 bits per heavy atom. The van der Waals surface area contributed by atoms with Crippen LogP contribution in [0.25, 0.3) is 0 Å². The predicted octanol–water partition coefficient (Wildman–Crippen LogP) is 2.77. The highest BCUT2D eigenvalue weighted by molar-refractivity contribution is 5.74. The van der Waals surface area contributed by atoms with Gasteiger partial charge in [-0.1, -0.05) is 30.3 Å². The second kappa shape index (κ2) is 8.28. The van der Waals surface area contributed by atoms with Crippen LogP contribution < -0.4 is 5.32 Å². The monoisotopic (exact) mass is 378 g/mol. The van der Waals surface area contributed by atoms with Crippen LogP contribution in [0.15, 0.2) is 30.3 Å². The molecule has 1 saturated heterocycles. The van der Waals surface area contributed by atoms with E-state index in [4.69, 9.17) is 9.47 Å². The third-order valence-electron chi connectivity index (χ3n) is 4.08. The summed E-state index contributed by atoms with van der Waals surface area (Å²) in [6, 6.07) is 9.16. The number of carboxylic acids is 1. The number of nitrogens with one attached hydrogen (secondary N) is 1. The van der Waals surface area contributed by atoms with Crippen LogP contribution >= 0.6 is 0 Å². The summed E-state index contributed by atoms with van der Waals surface area (Å²) in [5, 5.41) is 11.9. The zero-order valence-electron chi connectivity index (χ0n) is 15.9. The van der Waals surface area contributed by atoms with Crippen LogP contribution in [-0.2, 0) is 20.9 Å². The van der Waals surface area contributed by atoms with E-state index in [0.717, 1.165) is 5.56 Å². The number of hydrogen-bond donors (Lipinski definition) is 2. The zero-order chi connectivity index (χ0) is 20.1. The summed E-state index contributed by atoms with van der Waals surface area (Å²) in [7, 11) is 0. The fraction of sp³-hybridized carbons (Fsp3) is 0.526. The molecule has 1 heterocycles. The van der Waals surface area contributed by atoms with Crippen molar-refractivity contribution in [1.29, 1.82) is 0 Å². The number of aliphatic carboxylic acids is 1. The topological polar surface area (TPSA) is 105 Å². The van der Waals surface area contributed by atoms with Crippen LogP contribution in [0.3, 0.4) is 0 Å². The molecule has 0 radical (unpaired) electrons. The molecule has 1 unspecified atom stereocenters. The minimum Gasteiger partial charge on any atom is -0.481 e. The fourth-order valence-electron chi connectivity index (χ4n) is 2.91. The van der Waals surface area contributed by atoms with Gasteiger partial charge in [0.1, 0.15) is 12.2 Å². The molecule has 1 aliphatic rings. The van der Waals surface area contributed by atoms with Gasteiger partial charge >= 0.3 is 18.2 Å². The number of benzene rings is 1. The molecule has 0 saturated carbocycles. The van der Waals surface area contributed by atoms with Gasteiger partial charge in [-0.05, 0) is 32.8 Å². The van der Waals surface area contributed by atoms with Crippen molar-refractivity contribution in [2.24, 2.45) is 0 Å². The van der Waals surface area contributed by atoms with Gasteiger partial charge in [0.15, 0.2) is 0 Å². The van der Waals surface area contributed by atoms with E-state index in [1.54, 1.807) is 20.8 Å². The normalized spacial score (nSPS) is 19.4. The number of carbonyl (C=O) groups excluding carboxylic acids is 2. The molecule has 2 N–H and O–H groups in total. The van der Waals surface area contributed by atoms with Gasteiger partial charge in [-0.2, -0.15) is 0 Å². The maximum atomic E-state index is 12.2. The number of carbonyl (C=O) groups is 3. The Morgan fingerprint density at radius 2 is 1.89 bits per heavy atom. The van der Waals surface area contributed by atoms with Crippen LogP contribution in [0, 0.1) is 0 Å². The average Bonchev–Trinajstić information content (AvgIpc) is 2.95. The van der Waals surface area contributed by atoms with Gasteiger partial charge in [-0.3, -0.25) is 4.79 Å². The molecule has 8 nitrogen and oxygen atoms in total. The molecule has 1 aliphatic heterocycles. The Labute approximate surface area is 158 Å². The maximum Gasteiger partial charge on any atom is 0.410 e. The molecule has 0 bridgehead atoms. The van der Waals surface area contributed by atoms with E-state index in [2.05, 4.69) is 5.32 Å². The lowest BCUT2D eigenvalue weighted by atomic mass is 9.94. The van der Waals surface area contributed by atoms with E-state index in [9.17, 15) is 19.5 Å². The first kappa shape index (κ1) is 20.5. The summed E-state index contributed by atoms with van der Waals surface area (Å²) in [5.74, 6) is -1.07. The molecule has 1 aromatic rings. The van der Waals surface area contributed by atoms with Gasteiger partial charge in [0.25, 0.3) is 0 Å². The van der Waals surface area contributed by atoms with E-state index in [0.29, 0.717) is 13.0 Å².